The van der Waals surface area contributed by atoms with Crippen molar-refractivity contribution in [2.24, 2.45) is 0 Å². The first-order chi connectivity index (χ1) is 9.88. The van der Waals surface area contributed by atoms with Gasteiger partial charge in [0.1, 0.15) is 0 Å². The van der Waals surface area contributed by atoms with Crippen LogP contribution in [0, 0.1) is 0 Å². The molecule has 3 aliphatic rings. The van der Waals surface area contributed by atoms with Crippen molar-refractivity contribution >= 4 is 12.0 Å². The smallest absolute Gasteiger partial charge is 0.184 e. The van der Waals surface area contributed by atoms with E-state index in [1.165, 1.54) is 23.2 Å². The molecule has 0 atom stereocenters. The SMILES string of the molecule is O=Cc1c(C2OCCO2)cc2c3c1CCCN3CCC2. The van der Waals surface area contributed by atoms with E-state index in [1.54, 1.807) is 0 Å². The molecule has 0 N–H and O–H groups in total. The molecule has 0 saturated carbocycles. The third-order valence-electron chi connectivity index (χ3n) is 4.59. The van der Waals surface area contributed by atoms with Crippen LogP contribution in [-0.4, -0.2) is 32.6 Å². The predicted molar refractivity (Wildman–Crippen MR) is 75.3 cm³/mol. The Morgan fingerprint density at radius 2 is 1.90 bits per heavy atom. The van der Waals surface area contributed by atoms with Crippen molar-refractivity contribution in [3.05, 3.63) is 28.3 Å². The molecule has 4 rings (SSSR count). The van der Waals surface area contributed by atoms with Gasteiger partial charge in [-0.3, -0.25) is 4.79 Å². The van der Waals surface area contributed by atoms with E-state index in [0.29, 0.717) is 13.2 Å². The van der Waals surface area contributed by atoms with Crippen LogP contribution < -0.4 is 4.90 Å². The van der Waals surface area contributed by atoms with Gasteiger partial charge in [0, 0.05) is 29.9 Å². The maximum absolute atomic E-state index is 11.7. The second-order valence-corrected chi connectivity index (χ2v) is 5.75. The fraction of sp³-hybridized carbons (Fsp3) is 0.562. The number of ether oxygens (including phenoxy) is 2. The van der Waals surface area contributed by atoms with E-state index < -0.39 is 0 Å². The van der Waals surface area contributed by atoms with Crippen LogP contribution in [-0.2, 0) is 22.3 Å². The van der Waals surface area contributed by atoms with E-state index in [2.05, 4.69) is 11.0 Å². The van der Waals surface area contributed by atoms with Gasteiger partial charge in [0.15, 0.2) is 12.6 Å². The van der Waals surface area contributed by atoms with E-state index in [1.807, 2.05) is 0 Å². The zero-order valence-corrected chi connectivity index (χ0v) is 11.6. The number of hydrogen-bond acceptors (Lipinski definition) is 4. The maximum atomic E-state index is 11.7. The fourth-order valence-electron chi connectivity index (χ4n) is 3.78. The van der Waals surface area contributed by atoms with Crippen LogP contribution in [0.15, 0.2) is 6.07 Å². The summed E-state index contributed by atoms with van der Waals surface area (Å²) in [5, 5.41) is 0. The quantitative estimate of drug-likeness (QED) is 0.775. The van der Waals surface area contributed by atoms with E-state index in [-0.39, 0.29) is 6.29 Å². The van der Waals surface area contributed by atoms with Crippen LogP contribution in [0.4, 0.5) is 5.69 Å². The number of anilines is 1. The molecule has 20 heavy (non-hydrogen) atoms. The molecule has 3 aliphatic heterocycles. The second kappa shape index (κ2) is 4.86. The van der Waals surface area contributed by atoms with E-state index in [0.717, 1.165) is 49.8 Å². The molecule has 1 aromatic rings. The first kappa shape index (κ1) is 12.4. The molecule has 106 valence electrons. The van der Waals surface area contributed by atoms with E-state index >= 15 is 0 Å². The maximum Gasteiger partial charge on any atom is 0.184 e. The van der Waals surface area contributed by atoms with Crippen LogP contribution in [0.3, 0.4) is 0 Å². The molecule has 0 unspecified atom stereocenters. The fourth-order valence-corrected chi connectivity index (χ4v) is 3.78. The molecule has 0 bridgehead atoms. The summed E-state index contributed by atoms with van der Waals surface area (Å²) >= 11 is 0. The van der Waals surface area contributed by atoms with Crippen molar-refractivity contribution in [3.8, 4) is 0 Å². The lowest BCUT2D eigenvalue weighted by Crippen LogP contribution is -2.35. The number of benzene rings is 1. The minimum atomic E-state index is -0.353. The van der Waals surface area contributed by atoms with Crippen molar-refractivity contribution in [1.82, 2.24) is 0 Å². The van der Waals surface area contributed by atoms with Crippen LogP contribution in [0.25, 0.3) is 0 Å². The number of aryl methyl sites for hydroxylation is 1. The third-order valence-corrected chi connectivity index (χ3v) is 4.59. The van der Waals surface area contributed by atoms with Gasteiger partial charge < -0.3 is 14.4 Å². The first-order valence-corrected chi connectivity index (χ1v) is 7.50. The van der Waals surface area contributed by atoms with Crippen LogP contribution in [0.5, 0.6) is 0 Å². The highest BCUT2D eigenvalue weighted by molar-refractivity contribution is 5.85. The summed E-state index contributed by atoms with van der Waals surface area (Å²) in [6.07, 6.45) is 5.05. The minimum absolute atomic E-state index is 0.353. The lowest BCUT2D eigenvalue weighted by Gasteiger charge is -2.38. The van der Waals surface area contributed by atoms with Gasteiger partial charge >= 0.3 is 0 Å². The summed E-state index contributed by atoms with van der Waals surface area (Å²) in [5.41, 5.74) is 5.66. The zero-order chi connectivity index (χ0) is 13.5. The summed E-state index contributed by atoms with van der Waals surface area (Å²) in [4.78, 5) is 14.1. The number of nitrogens with zero attached hydrogens (tertiary/aromatic N) is 1. The Hall–Kier alpha value is -1.39. The minimum Gasteiger partial charge on any atom is -0.371 e. The summed E-state index contributed by atoms with van der Waals surface area (Å²) in [6.45, 7) is 3.46. The lowest BCUT2D eigenvalue weighted by atomic mass is 9.86. The largest absolute Gasteiger partial charge is 0.371 e. The van der Waals surface area contributed by atoms with Gasteiger partial charge in [-0.15, -0.1) is 0 Å². The van der Waals surface area contributed by atoms with Crippen LogP contribution >= 0.6 is 0 Å². The Morgan fingerprint density at radius 1 is 1.15 bits per heavy atom. The molecule has 0 radical (unpaired) electrons. The second-order valence-electron chi connectivity index (χ2n) is 5.75. The van der Waals surface area contributed by atoms with Gasteiger partial charge in [-0.25, -0.2) is 0 Å². The molecule has 0 amide bonds. The molecule has 4 heteroatoms. The van der Waals surface area contributed by atoms with Crippen LogP contribution in [0.1, 0.15) is 46.2 Å². The Kier molecular flexibility index (Phi) is 3.00. The van der Waals surface area contributed by atoms with Gasteiger partial charge in [0.05, 0.1) is 13.2 Å². The number of aldehydes is 1. The normalized spacial score (nSPS) is 21.9. The number of rotatable bonds is 2. The van der Waals surface area contributed by atoms with E-state index in [9.17, 15) is 4.79 Å². The van der Waals surface area contributed by atoms with Crippen molar-refractivity contribution in [2.45, 2.75) is 32.0 Å². The Bertz CT molecular complexity index is 547. The van der Waals surface area contributed by atoms with Crippen molar-refractivity contribution in [2.75, 3.05) is 31.2 Å². The molecular weight excluding hydrogens is 254 g/mol. The van der Waals surface area contributed by atoms with Gasteiger partial charge in [-0.2, -0.15) is 0 Å². The summed E-state index contributed by atoms with van der Waals surface area (Å²) in [6, 6.07) is 2.15. The lowest BCUT2D eigenvalue weighted by molar-refractivity contribution is -0.0445. The molecule has 0 aliphatic carbocycles. The summed E-state index contributed by atoms with van der Waals surface area (Å²) in [5.74, 6) is 0. The predicted octanol–water partition coefficient (Wildman–Crippen LogP) is 2.24. The van der Waals surface area contributed by atoms with Gasteiger partial charge in [0.25, 0.3) is 0 Å². The van der Waals surface area contributed by atoms with E-state index in [4.69, 9.17) is 9.47 Å². The zero-order valence-electron chi connectivity index (χ0n) is 11.6. The van der Waals surface area contributed by atoms with Crippen LogP contribution in [0.2, 0.25) is 0 Å². The number of hydrogen-bond donors (Lipinski definition) is 0. The summed E-state index contributed by atoms with van der Waals surface area (Å²) in [7, 11) is 0. The average Bonchev–Trinajstić information content (AvgIpc) is 3.01. The molecule has 1 aromatic carbocycles. The molecular formula is C16H19NO3. The monoisotopic (exact) mass is 273 g/mol. The standard InChI is InChI=1S/C16H19NO3/c18-10-14-12-4-2-6-17-5-1-3-11(15(12)17)9-13(14)16-19-7-8-20-16/h9-10,16H,1-8H2. The average molecular weight is 273 g/mol. The molecule has 3 heterocycles. The number of carbonyl (C=O) groups excluding carboxylic acids is 1. The molecule has 0 spiro atoms. The van der Waals surface area contributed by atoms with Gasteiger partial charge in [0.2, 0.25) is 0 Å². The molecule has 1 saturated heterocycles. The van der Waals surface area contributed by atoms with Crippen molar-refractivity contribution in [1.29, 1.82) is 0 Å². The molecule has 4 nitrogen and oxygen atoms in total. The third kappa shape index (κ3) is 1.79. The molecule has 0 aromatic heterocycles. The first-order valence-electron chi connectivity index (χ1n) is 7.50. The number of carbonyl (C=O) groups is 1. The highest BCUT2D eigenvalue weighted by atomic mass is 16.7. The topological polar surface area (TPSA) is 38.8 Å². The Balaban J connectivity index is 1.90. The summed E-state index contributed by atoms with van der Waals surface area (Å²) < 4.78 is 11.2. The van der Waals surface area contributed by atoms with Gasteiger partial charge in [-0.1, -0.05) is 0 Å². The van der Waals surface area contributed by atoms with Gasteiger partial charge in [-0.05, 0) is 42.9 Å². The Morgan fingerprint density at radius 3 is 2.65 bits per heavy atom. The molecule has 1 fully saturated rings. The highest BCUT2D eigenvalue weighted by Crippen LogP contribution is 2.41. The highest BCUT2D eigenvalue weighted by Gasteiger charge is 2.31. The van der Waals surface area contributed by atoms with Crippen molar-refractivity contribution in [3.63, 3.8) is 0 Å². The van der Waals surface area contributed by atoms with Crippen molar-refractivity contribution < 1.29 is 14.3 Å². The Labute approximate surface area is 118 Å².